The average molecular weight is 284 g/mol. The van der Waals surface area contributed by atoms with E-state index in [1.807, 2.05) is 19.9 Å². The molecule has 16 heavy (non-hydrogen) atoms. The van der Waals surface area contributed by atoms with Gasteiger partial charge in [-0.2, -0.15) is 0 Å². The van der Waals surface area contributed by atoms with Gasteiger partial charge in [0, 0.05) is 16.8 Å². The molecule has 0 bridgehead atoms. The molecule has 0 saturated carbocycles. The first kappa shape index (κ1) is 11.5. The third-order valence-corrected chi connectivity index (χ3v) is 3.31. The second kappa shape index (κ2) is 3.48. The lowest BCUT2D eigenvalue weighted by Crippen LogP contribution is -2.30. The van der Waals surface area contributed by atoms with Crippen molar-refractivity contribution in [3.05, 3.63) is 28.0 Å². The summed E-state index contributed by atoms with van der Waals surface area (Å²) in [6.45, 7) is 5.22. The Morgan fingerprint density at radius 2 is 2.06 bits per heavy atom. The number of ketones is 1. The molecule has 0 unspecified atom stereocenters. The molecule has 4 heteroatoms. The molecule has 1 heterocycles. The van der Waals surface area contributed by atoms with Crippen LogP contribution in [0.15, 0.2) is 21.6 Å². The quantitative estimate of drug-likeness (QED) is 0.775. The van der Waals surface area contributed by atoms with Crippen molar-refractivity contribution in [3.63, 3.8) is 0 Å². The number of benzene rings is 1. The molecule has 0 radical (unpaired) electrons. The van der Waals surface area contributed by atoms with Crippen molar-refractivity contribution in [2.75, 3.05) is 0 Å². The van der Waals surface area contributed by atoms with Crippen LogP contribution in [0.5, 0.6) is 0 Å². The van der Waals surface area contributed by atoms with Gasteiger partial charge in [0.15, 0.2) is 5.78 Å². The molecule has 0 aromatic heterocycles. The Kier molecular flexibility index (Phi) is 2.49. The van der Waals surface area contributed by atoms with Gasteiger partial charge in [0.1, 0.15) is 11.5 Å². The van der Waals surface area contributed by atoms with Gasteiger partial charge in [-0.05, 0) is 31.5 Å². The zero-order valence-corrected chi connectivity index (χ0v) is 10.9. The lowest BCUT2D eigenvalue weighted by atomic mass is 9.80. The van der Waals surface area contributed by atoms with Gasteiger partial charge in [0.25, 0.3) is 0 Å². The first-order chi connectivity index (χ1) is 7.34. The van der Waals surface area contributed by atoms with Gasteiger partial charge in [-0.1, -0.05) is 15.9 Å². The molecule has 1 aliphatic heterocycles. The minimum atomic E-state index is -0.522. The normalized spacial score (nSPS) is 16.9. The predicted molar refractivity (Wildman–Crippen MR) is 64.9 cm³/mol. The lowest BCUT2D eigenvalue weighted by Gasteiger charge is -2.20. The molecular weight excluding hydrogens is 273 g/mol. The summed E-state index contributed by atoms with van der Waals surface area (Å²) in [6, 6.07) is 3.18. The van der Waals surface area contributed by atoms with Crippen LogP contribution in [0.2, 0.25) is 0 Å². The zero-order valence-electron chi connectivity index (χ0n) is 9.27. The fourth-order valence-corrected chi connectivity index (χ4v) is 2.48. The van der Waals surface area contributed by atoms with Crippen LogP contribution in [0, 0.1) is 5.82 Å². The number of fused-ring (bicyclic) bond motifs is 1. The van der Waals surface area contributed by atoms with E-state index < -0.39 is 11.2 Å². The number of Topliss-reactive ketones (excluding diaryl/α,β-unsaturated/α-hetero) is 1. The van der Waals surface area contributed by atoms with Crippen LogP contribution < -0.4 is 0 Å². The predicted octanol–water partition coefficient (Wildman–Crippen LogP) is 3.54. The van der Waals surface area contributed by atoms with Gasteiger partial charge in [0.05, 0.1) is 5.71 Å². The highest BCUT2D eigenvalue weighted by atomic mass is 79.9. The maximum atomic E-state index is 13.7. The summed E-state index contributed by atoms with van der Waals surface area (Å²) in [4.78, 5) is 15.6. The second-order valence-corrected chi connectivity index (χ2v) is 5.34. The molecular formula is C12H11BrFNO. The van der Waals surface area contributed by atoms with Gasteiger partial charge >= 0.3 is 0 Å². The Labute approximate surface area is 102 Å². The average Bonchev–Trinajstić information content (AvgIpc) is 2.39. The summed E-state index contributed by atoms with van der Waals surface area (Å²) in [5.41, 5.74) is 0.939. The Morgan fingerprint density at radius 1 is 1.44 bits per heavy atom. The number of hydrogen-bond acceptors (Lipinski definition) is 2. The second-order valence-electron chi connectivity index (χ2n) is 4.43. The van der Waals surface area contributed by atoms with E-state index in [2.05, 4.69) is 20.9 Å². The molecule has 0 saturated heterocycles. The monoisotopic (exact) mass is 283 g/mol. The standard InChI is InChI=1S/C12H11BrFNO/c1-6(16)11-12(2,3)8-4-7(13)5-9(14)10(8)15-11/h4-5H,1-3H3. The Balaban J connectivity index is 2.71. The summed E-state index contributed by atoms with van der Waals surface area (Å²) < 4.78 is 14.3. The Hall–Kier alpha value is -1.03. The van der Waals surface area contributed by atoms with E-state index in [0.29, 0.717) is 15.9 Å². The van der Waals surface area contributed by atoms with E-state index in [1.54, 1.807) is 0 Å². The van der Waals surface area contributed by atoms with Crippen LogP contribution in [0.3, 0.4) is 0 Å². The molecule has 0 aliphatic carbocycles. The maximum Gasteiger partial charge on any atom is 0.174 e. The zero-order chi connectivity index (χ0) is 12.1. The topological polar surface area (TPSA) is 29.4 Å². The molecule has 1 aromatic carbocycles. The van der Waals surface area contributed by atoms with Crippen LogP contribution in [0.4, 0.5) is 10.1 Å². The summed E-state index contributed by atoms with van der Waals surface area (Å²) >= 11 is 3.25. The molecule has 84 valence electrons. The number of carbonyl (C=O) groups excluding carboxylic acids is 1. The van der Waals surface area contributed by atoms with Gasteiger partial charge in [0.2, 0.25) is 0 Å². The van der Waals surface area contributed by atoms with Crippen LogP contribution in [0.1, 0.15) is 26.3 Å². The number of hydrogen-bond donors (Lipinski definition) is 0. The van der Waals surface area contributed by atoms with Crippen molar-refractivity contribution in [3.8, 4) is 0 Å². The van der Waals surface area contributed by atoms with Gasteiger partial charge in [-0.3, -0.25) is 4.79 Å². The molecule has 0 fully saturated rings. The third-order valence-electron chi connectivity index (χ3n) is 2.85. The smallest absolute Gasteiger partial charge is 0.174 e. The minimum absolute atomic E-state index is 0.114. The van der Waals surface area contributed by atoms with E-state index >= 15 is 0 Å². The highest BCUT2D eigenvalue weighted by Crippen LogP contribution is 2.43. The molecule has 1 aliphatic rings. The maximum absolute atomic E-state index is 13.7. The SMILES string of the molecule is CC(=O)C1=Nc2c(F)cc(Br)cc2C1(C)C. The summed E-state index contributed by atoms with van der Waals surface area (Å²) in [7, 11) is 0. The lowest BCUT2D eigenvalue weighted by molar-refractivity contribution is -0.111. The minimum Gasteiger partial charge on any atom is -0.293 e. The Bertz CT molecular complexity index is 520. The van der Waals surface area contributed by atoms with Gasteiger partial charge in [-0.25, -0.2) is 9.38 Å². The highest BCUT2D eigenvalue weighted by Gasteiger charge is 2.38. The molecule has 0 atom stereocenters. The van der Waals surface area contributed by atoms with Gasteiger partial charge < -0.3 is 0 Å². The van der Waals surface area contributed by atoms with E-state index in [1.165, 1.54) is 13.0 Å². The van der Waals surface area contributed by atoms with Crippen LogP contribution >= 0.6 is 15.9 Å². The number of carbonyl (C=O) groups is 1. The molecule has 0 N–H and O–H groups in total. The molecule has 2 rings (SSSR count). The van der Waals surface area contributed by atoms with E-state index in [0.717, 1.165) is 5.56 Å². The molecule has 0 spiro atoms. The fraction of sp³-hybridized carbons (Fsp3) is 0.333. The number of aliphatic imine (C=N–C) groups is 1. The van der Waals surface area contributed by atoms with E-state index in [4.69, 9.17) is 0 Å². The third kappa shape index (κ3) is 1.52. The summed E-state index contributed by atoms with van der Waals surface area (Å²) in [5, 5.41) is 0. The van der Waals surface area contributed by atoms with Crippen LogP contribution in [-0.2, 0) is 10.2 Å². The fourth-order valence-electron chi connectivity index (χ4n) is 2.05. The van der Waals surface area contributed by atoms with Crippen molar-refractivity contribution < 1.29 is 9.18 Å². The Morgan fingerprint density at radius 3 is 2.62 bits per heavy atom. The number of rotatable bonds is 1. The van der Waals surface area contributed by atoms with E-state index in [-0.39, 0.29) is 5.78 Å². The summed E-state index contributed by atoms with van der Waals surface area (Å²) in [5.74, 6) is -0.509. The van der Waals surface area contributed by atoms with E-state index in [9.17, 15) is 9.18 Å². The van der Waals surface area contributed by atoms with Crippen molar-refractivity contribution in [1.29, 1.82) is 0 Å². The number of nitrogens with zero attached hydrogens (tertiary/aromatic N) is 1. The molecule has 2 nitrogen and oxygen atoms in total. The molecule has 1 aromatic rings. The first-order valence-electron chi connectivity index (χ1n) is 4.93. The first-order valence-corrected chi connectivity index (χ1v) is 5.73. The van der Waals surface area contributed by atoms with Crippen molar-refractivity contribution in [1.82, 2.24) is 0 Å². The van der Waals surface area contributed by atoms with Crippen LogP contribution in [-0.4, -0.2) is 11.5 Å². The van der Waals surface area contributed by atoms with Crippen molar-refractivity contribution >= 4 is 33.1 Å². The highest BCUT2D eigenvalue weighted by molar-refractivity contribution is 9.10. The van der Waals surface area contributed by atoms with Crippen molar-refractivity contribution in [2.45, 2.75) is 26.2 Å². The number of halogens is 2. The van der Waals surface area contributed by atoms with Crippen LogP contribution in [0.25, 0.3) is 0 Å². The van der Waals surface area contributed by atoms with Crippen molar-refractivity contribution in [2.24, 2.45) is 4.99 Å². The molecule has 0 amide bonds. The largest absolute Gasteiger partial charge is 0.293 e. The van der Waals surface area contributed by atoms with Gasteiger partial charge in [-0.15, -0.1) is 0 Å². The summed E-state index contributed by atoms with van der Waals surface area (Å²) in [6.07, 6.45) is 0.